The quantitative estimate of drug-likeness (QED) is 0.554. The van der Waals surface area contributed by atoms with Crippen molar-refractivity contribution in [1.29, 1.82) is 0 Å². The van der Waals surface area contributed by atoms with Crippen molar-refractivity contribution >= 4 is 6.08 Å². The normalized spacial score (nSPS) is 22.5. The van der Waals surface area contributed by atoms with Gasteiger partial charge in [0.25, 0.3) is 0 Å². The van der Waals surface area contributed by atoms with Crippen LogP contribution < -0.4 is 0 Å². The first-order chi connectivity index (χ1) is 6.45. The molecule has 0 saturated carbocycles. The Morgan fingerprint density at radius 2 is 2.08 bits per heavy atom. The van der Waals surface area contributed by atoms with Crippen molar-refractivity contribution in [3.8, 4) is 0 Å². The Hall–Kier alpha value is -1.56. The highest BCUT2D eigenvalue weighted by molar-refractivity contribution is 5.64. The topological polar surface area (TPSA) is 0 Å². The monoisotopic (exact) mass is 165 g/mol. The fraction of sp³-hybridized carbons (Fsp3) is 0.0769. The first-order valence-electron chi connectivity index (χ1n) is 4.52. The highest BCUT2D eigenvalue weighted by Gasteiger charge is 2.20. The van der Waals surface area contributed by atoms with E-state index in [-0.39, 0.29) is 0 Å². The van der Waals surface area contributed by atoms with Crippen molar-refractivity contribution in [2.24, 2.45) is 0 Å². The summed E-state index contributed by atoms with van der Waals surface area (Å²) in [7, 11) is 0. The molecule has 1 unspecified atom stereocenters. The number of fused-ring (bicyclic) bond motifs is 3. The zero-order valence-electron chi connectivity index (χ0n) is 7.20. The Kier molecular flexibility index (Phi) is 1.31. The van der Waals surface area contributed by atoms with Gasteiger partial charge in [-0.25, -0.2) is 0 Å². The molecule has 2 aliphatic rings. The van der Waals surface area contributed by atoms with Crippen LogP contribution in [0.2, 0.25) is 0 Å². The number of rotatable bonds is 0. The van der Waals surface area contributed by atoms with Crippen LogP contribution in [-0.4, -0.2) is 0 Å². The summed E-state index contributed by atoms with van der Waals surface area (Å²) in [4.78, 5) is 0. The maximum atomic E-state index is 3.31. The second-order valence-electron chi connectivity index (χ2n) is 3.40. The lowest BCUT2D eigenvalue weighted by Crippen LogP contribution is -2.01. The first kappa shape index (κ1) is 6.90. The van der Waals surface area contributed by atoms with Crippen LogP contribution in [-0.2, 0) is 0 Å². The van der Waals surface area contributed by atoms with E-state index < -0.39 is 0 Å². The number of hydrogen-bond donors (Lipinski definition) is 0. The van der Waals surface area contributed by atoms with Gasteiger partial charge in [0.2, 0.25) is 0 Å². The van der Waals surface area contributed by atoms with E-state index in [0.29, 0.717) is 5.92 Å². The van der Waals surface area contributed by atoms with E-state index in [0.717, 1.165) is 0 Å². The highest BCUT2D eigenvalue weighted by atomic mass is 14.2. The Balaban J connectivity index is 2.25. The second-order valence-corrected chi connectivity index (χ2v) is 3.40. The molecule has 0 aliphatic heterocycles. The highest BCUT2D eigenvalue weighted by Crippen LogP contribution is 2.36. The minimum absolute atomic E-state index is 0.459. The maximum Gasteiger partial charge on any atom is 0.0284 e. The van der Waals surface area contributed by atoms with E-state index in [1.807, 2.05) is 0 Å². The van der Waals surface area contributed by atoms with Crippen molar-refractivity contribution < 1.29 is 0 Å². The lowest BCUT2D eigenvalue weighted by molar-refractivity contribution is 1.02. The Labute approximate surface area is 77.9 Å². The van der Waals surface area contributed by atoms with Crippen molar-refractivity contribution in [1.82, 2.24) is 0 Å². The molecule has 0 N–H and O–H groups in total. The Morgan fingerprint density at radius 3 is 3.08 bits per heavy atom. The third-order valence-corrected chi connectivity index (χ3v) is 2.64. The largest absolute Gasteiger partial charge is 0.0726 e. The average Bonchev–Trinajstić information content (AvgIpc) is 2.65. The van der Waals surface area contributed by atoms with E-state index in [4.69, 9.17) is 0 Å². The molecule has 0 heterocycles. The van der Waals surface area contributed by atoms with Gasteiger partial charge in [-0.2, -0.15) is 0 Å². The van der Waals surface area contributed by atoms with Crippen LogP contribution in [0.5, 0.6) is 0 Å². The van der Waals surface area contributed by atoms with Crippen LogP contribution in [0.1, 0.15) is 17.0 Å². The van der Waals surface area contributed by atoms with Gasteiger partial charge in [0.05, 0.1) is 0 Å². The molecule has 13 heavy (non-hydrogen) atoms. The molecule has 1 radical (unpaired) electrons. The van der Waals surface area contributed by atoms with Gasteiger partial charge in [0.15, 0.2) is 0 Å². The van der Waals surface area contributed by atoms with E-state index >= 15 is 0 Å². The molecule has 0 fully saturated rings. The fourth-order valence-electron chi connectivity index (χ4n) is 1.97. The van der Waals surface area contributed by atoms with Gasteiger partial charge >= 0.3 is 0 Å². The van der Waals surface area contributed by atoms with Gasteiger partial charge in [-0.15, -0.1) is 0 Å². The van der Waals surface area contributed by atoms with E-state index in [1.165, 1.54) is 16.7 Å². The molecule has 0 spiro atoms. The molecular weight excluding hydrogens is 156 g/mol. The Morgan fingerprint density at radius 1 is 1.15 bits per heavy atom. The lowest BCUT2D eigenvalue weighted by atomic mass is 9.86. The van der Waals surface area contributed by atoms with E-state index in [9.17, 15) is 0 Å². The molecular formula is C13H9. The number of benzene rings is 1. The summed E-state index contributed by atoms with van der Waals surface area (Å²) in [6.45, 7) is 0. The maximum absolute atomic E-state index is 3.31. The molecule has 0 nitrogen and oxygen atoms in total. The van der Waals surface area contributed by atoms with Crippen LogP contribution in [0.3, 0.4) is 0 Å². The molecule has 61 valence electrons. The molecule has 0 aromatic heterocycles. The SMILES string of the molecule is [C]1=Cc2ccccc2C2C=CC=C12. The predicted octanol–water partition coefficient (Wildman–Crippen LogP) is 3.10. The average molecular weight is 165 g/mol. The van der Waals surface area contributed by atoms with Crippen molar-refractivity contribution in [2.45, 2.75) is 5.92 Å². The first-order valence-corrected chi connectivity index (χ1v) is 4.52. The zero-order valence-corrected chi connectivity index (χ0v) is 7.20. The summed E-state index contributed by atoms with van der Waals surface area (Å²) in [5.74, 6) is 0.459. The van der Waals surface area contributed by atoms with E-state index in [1.54, 1.807) is 0 Å². The van der Waals surface area contributed by atoms with Crippen molar-refractivity contribution in [3.63, 3.8) is 0 Å². The molecule has 0 amide bonds. The molecule has 1 atom stereocenters. The van der Waals surface area contributed by atoms with Crippen LogP contribution in [0.4, 0.5) is 0 Å². The fourth-order valence-corrected chi connectivity index (χ4v) is 1.97. The summed E-state index contributed by atoms with van der Waals surface area (Å²) in [5.41, 5.74) is 4.00. The molecule has 3 rings (SSSR count). The van der Waals surface area contributed by atoms with Crippen LogP contribution in [0.25, 0.3) is 6.08 Å². The number of hydrogen-bond acceptors (Lipinski definition) is 0. The van der Waals surface area contributed by atoms with Gasteiger partial charge in [-0.3, -0.25) is 0 Å². The van der Waals surface area contributed by atoms with Crippen LogP contribution >= 0.6 is 0 Å². The van der Waals surface area contributed by atoms with Crippen LogP contribution in [0.15, 0.2) is 48.1 Å². The van der Waals surface area contributed by atoms with Crippen molar-refractivity contribution in [3.05, 3.63) is 65.3 Å². The molecule has 2 aliphatic carbocycles. The van der Waals surface area contributed by atoms with Gasteiger partial charge in [-0.1, -0.05) is 42.5 Å². The Bertz CT molecular complexity index is 433. The predicted molar refractivity (Wildman–Crippen MR) is 54.1 cm³/mol. The zero-order chi connectivity index (χ0) is 8.67. The third-order valence-electron chi connectivity index (χ3n) is 2.64. The second kappa shape index (κ2) is 2.46. The van der Waals surface area contributed by atoms with E-state index in [2.05, 4.69) is 54.6 Å². The molecule has 1 aromatic rings. The lowest BCUT2D eigenvalue weighted by Gasteiger charge is -2.18. The summed E-state index contributed by atoms with van der Waals surface area (Å²) in [5, 5.41) is 0. The summed E-state index contributed by atoms with van der Waals surface area (Å²) in [6.07, 6.45) is 11.9. The standard InChI is InChI=1S/C13H9/c1-2-6-12-10(4-1)8-9-11-5-3-7-13(11)12/h1-8,13H. The van der Waals surface area contributed by atoms with Crippen LogP contribution in [0, 0.1) is 6.08 Å². The van der Waals surface area contributed by atoms with Gasteiger partial charge in [0.1, 0.15) is 0 Å². The van der Waals surface area contributed by atoms with Gasteiger partial charge in [0, 0.05) is 5.92 Å². The summed E-state index contributed by atoms with van der Waals surface area (Å²) < 4.78 is 0. The third kappa shape index (κ3) is 0.919. The minimum atomic E-state index is 0.459. The smallest absolute Gasteiger partial charge is 0.0284 e. The number of allylic oxidation sites excluding steroid dienone is 5. The van der Waals surface area contributed by atoms with Gasteiger partial charge in [-0.05, 0) is 28.9 Å². The van der Waals surface area contributed by atoms with Crippen molar-refractivity contribution in [2.75, 3.05) is 0 Å². The summed E-state index contributed by atoms with van der Waals surface area (Å²) in [6, 6.07) is 8.51. The molecule has 0 bridgehead atoms. The molecule has 1 aromatic carbocycles. The molecule has 0 heteroatoms. The minimum Gasteiger partial charge on any atom is -0.0726 e. The van der Waals surface area contributed by atoms with Gasteiger partial charge < -0.3 is 0 Å². The molecule has 0 saturated heterocycles. The summed E-state index contributed by atoms with van der Waals surface area (Å²) >= 11 is 0.